The van der Waals surface area contributed by atoms with E-state index in [1.807, 2.05) is 0 Å². The fourth-order valence-electron chi connectivity index (χ4n) is 9.94. The number of aromatic hydroxyl groups is 1. The summed E-state index contributed by atoms with van der Waals surface area (Å²) in [5.41, 5.74) is -0.122. The number of esters is 1. The number of carbonyl (C=O) groups is 1. The molecule has 7 rings (SSSR count). The number of benzene rings is 2. The zero-order valence-electron chi connectivity index (χ0n) is 44.6. The Morgan fingerprint density at radius 1 is 0.538 bits per heavy atom. The van der Waals surface area contributed by atoms with Crippen LogP contribution in [0.5, 0.6) is 23.0 Å². The number of ether oxygens (including phenoxy) is 11. The van der Waals surface area contributed by atoms with Gasteiger partial charge in [0.15, 0.2) is 48.0 Å². The number of unbranched alkanes of at least 4 members (excludes halogenated alkanes) is 14. The first-order chi connectivity index (χ1) is 37.6. The van der Waals surface area contributed by atoms with Crippen molar-refractivity contribution in [3.8, 4) is 34.3 Å². The van der Waals surface area contributed by atoms with Crippen LogP contribution in [0.1, 0.15) is 110 Å². The van der Waals surface area contributed by atoms with Crippen LogP contribution in [-0.4, -0.2) is 191 Å². The number of phenolic OH excluding ortho intramolecular Hbond substituents is 1. The second-order valence-electron chi connectivity index (χ2n) is 20.5. The van der Waals surface area contributed by atoms with Crippen molar-refractivity contribution < 1.29 is 107 Å². The number of rotatable bonds is 28. The van der Waals surface area contributed by atoms with Crippen LogP contribution in [0.3, 0.4) is 0 Å². The summed E-state index contributed by atoms with van der Waals surface area (Å²) < 4.78 is 70.0. The summed E-state index contributed by atoms with van der Waals surface area (Å²) in [5.74, 6) is -0.556. The topological polar surface area (TPSA) is 331 Å². The van der Waals surface area contributed by atoms with E-state index in [9.17, 15) is 55.5 Å². The summed E-state index contributed by atoms with van der Waals surface area (Å²) in [6, 6.07) is 8.39. The van der Waals surface area contributed by atoms with E-state index >= 15 is 0 Å². The third kappa shape index (κ3) is 16.0. The van der Waals surface area contributed by atoms with Gasteiger partial charge in [-0.2, -0.15) is 0 Å². The normalized spacial score (nSPS) is 31.5. The van der Waals surface area contributed by atoms with E-state index in [2.05, 4.69) is 6.92 Å². The number of carbonyl (C=O) groups excluding carboxylic acids is 1. The van der Waals surface area contributed by atoms with Crippen molar-refractivity contribution in [2.75, 3.05) is 40.6 Å². The number of aliphatic hydroxyl groups excluding tert-OH is 8. The minimum absolute atomic E-state index is 0.00741. The predicted octanol–water partition coefficient (Wildman–Crippen LogP) is 3.20. The van der Waals surface area contributed by atoms with Gasteiger partial charge in [0, 0.05) is 30.2 Å². The highest BCUT2D eigenvalue weighted by Crippen LogP contribution is 2.38. The first kappa shape index (κ1) is 61.3. The Bertz CT molecular complexity index is 2370. The fraction of sp³-hybridized carbons (Fsp3) is 0.709. The number of hydrogen-bond donors (Lipinski definition) is 9. The molecule has 0 spiro atoms. The molecule has 0 bridgehead atoms. The first-order valence-corrected chi connectivity index (χ1v) is 27.4. The third-order valence-electron chi connectivity index (χ3n) is 14.6. The molecule has 78 heavy (non-hydrogen) atoms. The highest BCUT2D eigenvalue weighted by atomic mass is 16.8. The largest absolute Gasteiger partial charge is 0.507 e. The zero-order chi connectivity index (χ0) is 55.9. The number of methoxy groups -OCH3 is 2. The molecule has 4 saturated heterocycles. The summed E-state index contributed by atoms with van der Waals surface area (Å²) >= 11 is 0. The Hall–Kier alpha value is -4.28. The molecule has 4 aliphatic heterocycles. The molecule has 1 aromatic heterocycles. The van der Waals surface area contributed by atoms with Crippen molar-refractivity contribution >= 4 is 16.9 Å². The Kier molecular flexibility index (Phi) is 23.6. The van der Waals surface area contributed by atoms with E-state index in [0.717, 1.165) is 25.7 Å². The minimum atomic E-state index is -1.81. The molecule has 3 aromatic rings. The van der Waals surface area contributed by atoms with E-state index in [1.165, 1.54) is 115 Å². The average molecular weight is 1110 g/mol. The Morgan fingerprint density at radius 2 is 0.987 bits per heavy atom. The van der Waals surface area contributed by atoms with Gasteiger partial charge in [0.05, 0.1) is 40.6 Å². The maximum absolute atomic E-state index is 13.2. The highest BCUT2D eigenvalue weighted by Gasteiger charge is 2.53. The average Bonchev–Trinajstić information content (AvgIpc) is 3.49. The lowest BCUT2D eigenvalue weighted by molar-refractivity contribution is -0.383. The van der Waals surface area contributed by atoms with Gasteiger partial charge in [0.2, 0.25) is 6.29 Å². The Balaban J connectivity index is 0.978. The molecule has 4 aliphatic rings. The van der Waals surface area contributed by atoms with Crippen LogP contribution in [0.2, 0.25) is 0 Å². The van der Waals surface area contributed by atoms with Gasteiger partial charge in [-0.1, -0.05) is 96.8 Å². The maximum atomic E-state index is 13.2. The second kappa shape index (κ2) is 30.0. The molecule has 9 N–H and O–H groups in total. The van der Waals surface area contributed by atoms with Gasteiger partial charge in [-0.3, -0.25) is 9.59 Å². The zero-order valence-corrected chi connectivity index (χ0v) is 44.6. The van der Waals surface area contributed by atoms with Crippen molar-refractivity contribution in [3.63, 3.8) is 0 Å². The molecule has 0 unspecified atom stereocenters. The van der Waals surface area contributed by atoms with Crippen molar-refractivity contribution in [1.82, 2.24) is 0 Å². The second-order valence-corrected chi connectivity index (χ2v) is 20.5. The number of phenols is 1. The standard InChI is InChI=1S/C55H80O23/c1-4-5-6-7-8-9-10-11-12-13-14-15-16-17-18-19-42(62)75-48-44(63)34(58)27-70-53(48)77-50-46(65)36(60)29-72-55(50)78-51-47(66)37(61)28-71-54(51)76-49-45(64)35(59)26-69-52(49)74-38-21-20-30(22-40(38)68-3)39-25-33(57)43-32(56)23-31(67-2)24-41(43)73-39/h20-25,34-37,44-56,58-61,63-66H,4-19,26-29H2,1-3H3/t34-,35-,36-,37-,44+,45+,46+,47+,48-,49-,50-,51-,52-,53-,54-,55-/m1/s1. The summed E-state index contributed by atoms with van der Waals surface area (Å²) in [5, 5.41) is 98.4. The van der Waals surface area contributed by atoms with E-state index < -0.39 is 136 Å². The van der Waals surface area contributed by atoms with Crippen molar-refractivity contribution in [3.05, 3.63) is 46.6 Å². The Morgan fingerprint density at radius 3 is 1.47 bits per heavy atom. The predicted molar refractivity (Wildman–Crippen MR) is 274 cm³/mol. The SMILES string of the molecule is CCCCCCCCCCCCCCCCCC(=O)O[C@H]1[C@@H](O[C@H]2[C@@H](O[C@H]3[C@@H](O[C@H]4[C@@H](Oc5ccc(-c6cc(=O)c7c(O)cc(OC)cc7o6)cc5OC)OC[C@@H](O)[C@@H]4O)OC[C@@H](O)[C@@H]3O)OC[C@@H](O)[C@@H]2O)OC[C@@H](O)[C@@H]1O. The molecule has 4 fully saturated rings. The lowest BCUT2D eigenvalue weighted by Gasteiger charge is -2.46. The molecule has 0 radical (unpaired) electrons. The van der Waals surface area contributed by atoms with Gasteiger partial charge in [-0.05, 0) is 24.6 Å². The molecular formula is C55H80O23. The lowest BCUT2D eigenvalue weighted by atomic mass is 10.0. The van der Waals surface area contributed by atoms with Crippen LogP contribution >= 0.6 is 0 Å². The van der Waals surface area contributed by atoms with E-state index in [0.29, 0.717) is 12.0 Å². The first-order valence-electron chi connectivity index (χ1n) is 27.4. The van der Waals surface area contributed by atoms with E-state index in [4.69, 9.17) is 56.5 Å². The molecule has 0 saturated carbocycles. The molecule has 0 amide bonds. The molecule has 23 heteroatoms. The molecular weight excluding hydrogens is 1030 g/mol. The van der Waals surface area contributed by atoms with Crippen molar-refractivity contribution in [2.24, 2.45) is 0 Å². The van der Waals surface area contributed by atoms with Crippen molar-refractivity contribution in [1.29, 1.82) is 0 Å². The molecule has 23 nitrogen and oxygen atoms in total. The smallest absolute Gasteiger partial charge is 0.306 e. The van der Waals surface area contributed by atoms with Gasteiger partial charge < -0.3 is 102 Å². The highest BCUT2D eigenvalue weighted by molar-refractivity contribution is 5.86. The van der Waals surface area contributed by atoms with Gasteiger partial charge >= 0.3 is 5.97 Å². The lowest BCUT2D eigenvalue weighted by Crippen LogP contribution is -2.64. The monoisotopic (exact) mass is 1110 g/mol. The maximum Gasteiger partial charge on any atom is 0.306 e. The Labute approximate surface area is 452 Å². The van der Waals surface area contributed by atoms with Gasteiger partial charge in [0.1, 0.15) is 89.3 Å². The van der Waals surface area contributed by atoms with Gasteiger partial charge in [0.25, 0.3) is 0 Å². The van der Waals surface area contributed by atoms with Crippen LogP contribution in [0.25, 0.3) is 22.3 Å². The summed E-state index contributed by atoms with van der Waals surface area (Å²) in [7, 11) is 2.73. The third-order valence-corrected chi connectivity index (χ3v) is 14.6. The molecule has 2 aromatic carbocycles. The number of fused-ring (bicyclic) bond motifs is 1. The quantitative estimate of drug-likeness (QED) is 0.0372. The summed E-state index contributed by atoms with van der Waals surface area (Å²) in [6.45, 7) is 0.264. The van der Waals surface area contributed by atoms with Gasteiger partial charge in [-0.15, -0.1) is 0 Å². The number of hydrogen-bond acceptors (Lipinski definition) is 23. The molecule has 5 heterocycles. The van der Waals surface area contributed by atoms with Crippen LogP contribution in [-0.2, 0) is 42.7 Å². The fourth-order valence-corrected chi connectivity index (χ4v) is 9.94. The van der Waals surface area contributed by atoms with Crippen LogP contribution in [0.15, 0.2) is 45.6 Å². The molecule has 438 valence electrons. The van der Waals surface area contributed by atoms with Gasteiger partial charge in [-0.25, -0.2) is 0 Å². The van der Waals surface area contributed by atoms with E-state index in [1.54, 1.807) is 0 Å². The van der Waals surface area contributed by atoms with Crippen LogP contribution in [0.4, 0.5) is 0 Å². The van der Waals surface area contributed by atoms with Crippen molar-refractivity contribution in [2.45, 2.75) is 208 Å². The van der Waals surface area contributed by atoms with Crippen LogP contribution in [0, 0.1) is 0 Å². The van der Waals surface area contributed by atoms with E-state index in [-0.39, 0.29) is 46.1 Å². The summed E-state index contributed by atoms with van der Waals surface area (Å²) in [4.78, 5) is 26.2. The minimum Gasteiger partial charge on any atom is -0.507 e. The molecule has 0 aliphatic carbocycles. The van der Waals surface area contributed by atoms with Crippen LogP contribution < -0.4 is 19.6 Å². The molecule has 16 atom stereocenters. The number of aliphatic hydroxyl groups is 8. The summed E-state index contributed by atoms with van der Waals surface area (Å²) in [6.07, 6.45) is -9.36.